The van der Waals surface area contributed by atoms with Crippen LogP contribution < -0.4 is 0 Å². The first-order chi connectivity index (χ1) is 9.33. The molecule has 1 aliphatic heterocycles. The number of halogens is 1. The van der Waals surface area contributed by atoms with E-state index in [2.05, 4.69) is 28.2 Å². The van der Waals surface area contributed by atoms with Crippen molar-refractivity contribution in [1.82, 2.24) is 9.88 Å². The van der Waals surface area contributed by atoms with Crippen LogP contribution in [0.2, 0.25) is 5.02 Å². The third kappa shape index (κ3) is 3.13. The van der Waals surface area contributed by atoms with E-state index < -0.39 is 0 Å². The van der Waals surface area contributed by atoms with Crippen LogP contribution in [0.3, 0.4) is 0 Å². The second-order valence-corrected chi connectivity index (χ2v) is 5.95. The van der Waals surface area contributed by atoms with Gasteiger partial charge >= 0.3 is 0 Å². The van der Waals surface area contributed by atoms with E-state index in [1.807, 2.05) is 6.07 Å². The fraction of sp³-hybridized carbons (Fsp3) is 0.500. The summed E-state index contributed by atoms with van der Waals surface area (Å²) in [6.07, 6.45) is 8.68. The monoisotopic (exact) mass is 276 g/mol. The van der Waals surface area contributed by atoms with Crippen LogP contribution >= 0.6 is 11.6 Å². The average molecular weight is 277 g/mol. The number of fused-ring (bicyclic) bond motifs is 1. The van der Waals surface area contributed by atoms with Crippen molar-refractivity contribution in [2.75, 3.05) is 19.6 Å². The van der Waals surface area contributed by atoms with Crippen LogP contribution in [0.5, 0.6) is 0 Å². The number of likely N-dealkylation sites (tertiary alicyclic amines) is 1. The largest absolute Gasteiger partial charge is 0.361 e. The topological polar surface area (TPSA) is 19.0 Å². The van der Waals surface area contributed by atoms with Gasteiger partial charge in [0.25, 0.3) is 0 Å². The number of aryl methyl sites for hydroxylation is 1. The zero-order valence-corrected chi connectivity index (χ0v) is 12.0. The standard InChI is InChI=1S/C16H21ClN2/c17-14-6-7-16-15(11-14)13(12-18-16)5-4-10-19-8-2-1-3-9-19/h6-7,11-12,18H,1-5,8-10H2. The summed E-state index contributed by atoms with van der Waals surface area (Å²) in [5.74, 6) is 0. The fourth-order valence-corrected chi connectivity index (χ4v) is 3.21. The van der Waals surface area contributed by atoms with Gasteiger partial charge in [-0.1, -0.05) is 18.0 Å². The van der Waals surface area contributed by atoms with Crippen LogP contribution in [-0.4, -0.2) is 29.5 Å². The number of hydrogen-bond acceptors (Lipinski definition) is 1. The maximum Gasteiger partial charge on any atom is 0.0457 e. The van der Waals surface area contributed by atoms with Crippen LogP contribution in [0.25, 0.3) is 10.9 Å². The Kier molecular flexibility index (Phi) is 4.09. The summed E-state index contributed by atoms with van der Waals surface area (Å²) in [7, 11) is 0. The Morgan fingerprint density at radius 2 is 2.00 bits per heavy atom. The highest BCUT2D eigenvalue weighted by Gasteiger charge is 2.10. The van der Waals surface area contributed by atoms with E-state index in [0.717, 1.165) is 11.4 Å². The van der Waals surface area contributed by atoms with Crippen LogP contribution in [-0.2, 0) is 6.42 Å². The van der Waals surface area contributed by atoms with Gasteiger partial charge in [-0.15, -0.1) is 0 Å². The second-order valence-electron chi connectivity index (χ2n) is 5.51. The van der Waals surface area contributed by atoms with Gasteiger partial charge in [0.2, 0.25) is 0 Å². The summed E-state index contributed by atoms with van der Waals surface area (Å²) in [5, 5.41) is 2.11. The Labute approximate surface area is 119 Å². The normalized spacial score (nSPS) is 17.1. The van der Waals surface area contributed by atoms with Gasteiger partial charge in [-0.25, -0.2) is 0 Å². The van der Waals surface area contributed by atoms with Gasteiger partial charge in [-0.3, -0.25) is 0 Å². The molecule has 19 heavy (non-hydrogen) atoms. The lowest BCUT2D eigenvalue weighted by atomic mass is 10.1. The first-order valence-corrected chi connectivity index (χ1v) is 7.68. The molecule has 0 bridgehead atoms. The van der Waals surface area contributed by atoms with E-state index in [1.54, 1.807) is 0 Å². The number of piperidine rings is 1. The number of rotatable bonds is 4. The molecular weight excluding hydrogens is 256 g/mol. The highest BCUT2D eigenvalue weighted by atomic mass is 35.5. The van der Waals surface area contributed by atoms with Crippen molar-refractivity contribution in [2.24, 2.45) is 0 Å². The van der Waals surface area contributed by atoms with E-state index in [9.17, 15) is 0 Å². The van der Waals surface area contributed by atoms with Crippen molar-refractivity contribution >= 4 is 22.5 Å². The maximum absolute atomic E-state index is 6.08. The number of aromatic nitrogens is 1. The van der Waals surface area contributed by atoms with Crippen LogP contribution in [0.15, 0.2) is 24.4 Å². The summed E-state index contributed by atoms with van der Waals surface area (Å²) < 4.78 is 0. The quantitative estimate of drug-likeness (QED) is 0.885. The van der Waals surface area contributed by atoms with Gasteiger partial charge in [0.05, 0.1) is 0 Å². The lowest BCUT2D eigenvalue weighted by molar-refractivity contribution is 0.226. The second kappa shape index (κ2) is 5.98. The highest BCUT2D eigenvalue weighted by molar-refractivity contribution is 6.31. The van der Waals surface area contributed by atoms with Crippen molar-refractivity contribution in [2.45, 2.75) is 32.1 Å². The van der Waals surface area contributed by atoms with Crippen molar-refractivity contribution < 1.29 is 0 Å². The third-order valence-electron chi connectivity index (χ3n) is 4.10. The lowest BCUT2D eigenvalue weighted by Gasteiger charge is -2.26. The zero-order valence-electron chi connectivity index (χ0n) is 11.3. The molecule has 0 aliphatic carbocycles. The molecule has 2 nitrogen and oxygen atoms in total. The molecule has 1 aromatic heterocycles. The molecule has 0 atom stereocenters. The van der Waals surface area contributed by atoms with Gasteiger partial charge in [-0.2, -0.15) is 0 Å². The molecule has 3 heteroatoms. The van der Waals surface area contributed by atoms with Gasteiger partial charge in [0.15, 0.2) is 0 Å². The zero-order chi connectivity index (χ0) is 13.1. The Bertz CT molecular complexity index is 541. The predicted molar refractivity (Wildman–Crippen MR) is 81.9 cm³/mol. The summed E-state index contributed by atoms with van der Waals surface area (Å²) in [4.78, 5) is 5.93. The van der Waals surface area contributed by atoms with E-state index in [-0.39, 0.29) is 0 Å². The number of H-pyrrole nitrogens is 1. The molecular formula is C16H21ClN2. The number of aromatic amines is 1. The van der Waals surface area contributed by atoms with Crippen LogP contribution in [0, 0.1) is 0 Å². The van der Waals surface area contributed by atoms with E-state index in [1.165, 1.54) is 61.8 Å². The summed E-state index contributed by atoms with van der Waals surface area (Å²) >= 11 is 6.08. The fourth-order valence-electron chi connectivity index (χ4n) is 3.03. The Morgan fingerprint density at radius 3 is 2.84 bits per heavy atom. The van der Waals surface area contributed by atoms with Crippen molar-refractivity contribution in [3.05, 3.63) is 35.0 Å². The summed E-state index contributed by atoms with van der Waals surface area (Å²) in [6, 6.07) is 6.08. The number of benzene rings is 1. The van der Waals surface area contributed by atoms with Crippen molar-refractivity contribution in [3.8, 4) is 0 Å². The smallest absolute Gasteiger partial charge is 0.0457 e. The highest BCUT2D eigenvalue weighted by Crippen LogP contribution is 2.23. The van der Waals surface area contributed by atoms with Crippen molar-refractivity contribution in [1.29, 1.82) is 0 Å². The molecule has 0 radical (unpaired) electrons. The van der Waals surface area contributed by atoms with Crippen molar-refractivity contribution in [3.63, 3.8) is 0 Å². The maximum atomic E-state index is 6.08. The van der Waals surface area contributed by atoms with Gasteiger partial charge < -0.3 is 9.88 Å². The molecule has 2 heterocycles. The molecule has 2 aromatic rings. The Morgan fingerprint density at radius 1 is 1.16 bits per heavy atom. The first kappa shape index (κ1) is 13.0. The number of nitrogens with one attached hydrogen (secondary N) is 1. The Hall–Kier alpha value is -0.990. The molecule has 0 saturated carbocycles. The molecule has 1 aliphatic rings. The lowest BCUT2D eigenvalue weighted by Crippen LogP contribution is -2.30. The van der Waals surface area contributed by atoms with E-state index >= 15 is 0 Å². The minimum atomic E-state index is 0.824. The molecule has 3 rings (SSSR count). The minimum absolute atomic E-state index is 0.824. The SMILES string of the molecule is Clc1ccc2[nH]cc(CCCN3CCCCC3)c2c1. The van der Waals surface area contributed by atoms with Gasteiger partial charge in [-0.05, 0) is 69.1 Å². The van der Waals surface area contributed by atoms with Crippen LogP contribution in [0.4, 0.5) is 0 Å². The molecule has 0 amide bonds. The van der Waals surface area contributed by atoms with Gasteiger partial charge in [0, 0.05) is 22.1 Å². The molecule has 102 valence electrons. The predicted octanol–water partition coefficient (Wildman–Crippen LogP) is 4.24. The molecule has 0 unspecified atom stereocenters. The minimum Gasteiger partial charge on any atom is -0.361 e. The van der Waals surface area contributed by atoms with E-state index in [4.69, 9.17) is 11.6 Å². The number of nitrogens with zero attached hydrogens (tertiary/aromatic N) is 1. The molecule has 1 fully saturated rings. The molecule has 0 spiro atoms. The summed E-state index contributed by atoms with van der Waals surface area (Å²) in [5.41, 5.74) is 2.59. The number of hydrogen-bond donors (Lipinski definition) is 1. The molecule has 1 saturated heterocycles. The molecule has 1 aromatic carbocycles. The Balaban J connectivity index is 1.60. The van der Waals surface area contributed by atoms with E-state index in [0.29, 0.717) is 0 Å². The van der Waals surface area contributed by atoms with Gasteiger partial charge in [0.1, 0.15) is 0 Å². The third-order valence-corrected chi connectivity index (χ3v) is 4.33. The summed E-state index contributed by atoms with van der Waals surface area (Å²) in [6.45, 7) is 3.81. The molecule has 1 N–H and O–H groups in total. The van der Waals surface area contributed by atoms with Crippen LogP contribution in [0.1, 0.15) is 31.2 Å². The first-order valence-electron chi connectivity index (χ1n) is 7.31. The average Bonchev–Trinajstić information content (AvgIpc) is 2.83.